The summed E-state index contributed by atoms with van der Waals surface area (Å²) in [6.07, 6.45) is 1.30. The molecule has 1 aromatic heterocycles. The lowest BCUT2D eigenvalue weighted by atomic mass is 10.2. The van der Waals surface area contributed by atoms with Gasteiger partial charge in [-0.1, -0.05) is 36.9 Å². The largest absolute Gasteiger partial charge is 0.338 e. The van der Waals surface area contributed by atoms with Gasteiger partial charge in [-0.3, -0.25) is 4.79 Å². The van der Waals surface area contributed by atoms with Crippen molar-refractivity contribution in [3.63, 3.8) is 0 Å². The smallest absolute Gasteiger partial charge is 0.233 e. The van der Waals surface area contributed by atoms with E-state index in [9.17, 15) is 13.2 Å². The quantitative estimate of drug-likeness (QED) is 0.649. The van der Waals surface area contributed by atoms with E-state index in [-0.39, 0.29) is 29.2 Å². The minimum absolute atomic E-state index is 0.0607. The lowest BCUT2D eigenvalue weighted by Crippen LogP contribution is -2.42. The molecule has 0 spiro atoms. The van der Waals surface area contributed by atoms with Gasteiger partial charge in [0, 0.05) is 12.6 Å². The minimum Gasteiger partial charge on any atom is -0.338 e. The molecule has 1 amide bonds. The van der Waals surface area contributed by atoms with Gasteiger partial charge in [-0.25, -0.2) is 8.42 Å². The number of carbonyl (C=O) groups is 1. The highest BCUT2D eigenvalue weighted by atomic mass is 32.2. The van der Waals surface area contributed by atoms with Crippen LogP contribution in [0.2, 0.25) is 0 Å². The van der Waals surface area contributed by atoms with Crippen LogP contribution in [0.1, 0.15) is 19.8 Å². The summed E-state index contributed by atoms with van der Waals surface area (Å²) in [6, 6.07) is 9.23. The average Bonchev–Trinajstić information content (AvgIpc) is 3.24. The lowest BCUT2D eigenvalue weighted by Gasteiger charge is -2.27. The maximum Gasteiger partial charge on any atom is 0.233 e. The lowest BCUT2D eigenvalue weighted by molar-refractivity contribution is -0.130. The van der Waals surface area contributed by atoms with Crippen molar-refractivity contribution in [3.05, 3.63) is 30.3 Å². The monoisotopic (exact) mass is 395 g/mol. The Labute approximate surface area is 156 Å². The second-order valence-corrected chi connectivity index (χ2v) is 9.31. The van der Waals surface area contributed by atoms with Crippen molar-refractivity contribution in [1.29, 1.82) is 0 Å². The van der Waals surface area contributed by atoms with Crippen LogP contribution < -0.4 is 0 Å². The highest BCUT2D eigenvalue weighted by Gasteiger charge is 2.34. The van der Waals surface area contributed by atoms with Gasteiger partial charge < -0.3 is 4.90 Å². The summed E-state index contributed by atoms with van der Waals surface area (Å²) in [7, 11) is -3.03. The van der Waals surface area contributed by atoms with Gasteiger partial charge >= 0.3 is 0 Å². The second kappa shape index (κ2) is 8.17. The van der Waals surface area contributed by atoms with Crippen LogP contribution in [0.15, 0.2) is 35.5 Å². The van der Waals surface area contributed by atoms with E-state index in [0.717, 1.165) is 12.1 Å². The SMILES string of the molecule is CCCN(C(=O)CSc1nnnn1-c1ccccc1)[C@@H]1CCS(=O)(=O)C1. The molecule has 0 saturated carbocycles. The van der Waals surface area contributed by atoms with E-state index in [1.54, 1.807) is 9.58 Å². The third kappa shape index (κ3) is 4.42. The Hall–Kier alpha value is -1.94. The number of para-hydroxylation sites is 1. The topological polar surface area (TPSA) is 98.1 Å². The highest BCUT2D eigenvalue weighted by Crippen LogP contribution is 2.22. The molecule has 0 aliphatic carbocycles. The number of nitrogens with zero attached hydrogens (tertiary/aromatic N) is 5. The number of tetrazole rings is 1. The van der Waals surface area contributed by atoms with E-state index in [1.165, 1.54) is 11.8 Å². The molecule has 2 heterocycles. The molecule has 1 atom stereocenters. The maximum absolute atomic E-state index is 12.7. The predicted molar refractivity (Wildman–Crippen MR) is 98.9 cm³/mol. The number of amides is 1. The van der Waals surface area contributed by atoms with Gasteiger partial charge in [0.25, 0.3) is 0 Å². The molecule has 140 valence electrons. The Bertz CT molecular complexity index is 854. The fourth-order valence-electron chi connectivity index (χ4n) is 2.98. The van der Waals surface area contributed by atoms with E-state index < -0.39 is 9.84 Å². The van der Waals surface area contributed by atoms with Crippen molar-refractivity contribution in [2.75, 3.05) is 23.8 Å². The Balaban J connectivity index is 1.67. The zero-order valence-corrected chi connectivity index (χ0v) is 16.1. The summed E-state index contributed by atoms with van der Waals surface area (Å²) in [5.41, 5.74) is 0.819. The zero-order chi connectivity index (χ0) is 18.6. The number of sulfone groups is 1. The van der Waals surface area contributed by atoms with Gasteiger partial charge in [0.05, 0.1) is 22.9 Å². The van der Waals surface area contributed by atoms with E-state index in [0.29, 0.717) is 18.1 Å². The first-order chi connectivity index (χ1) is 12.5. The Morgan fingerprint density at radius 1 is 1.35 bits per heavy atom. The van der Waals surface area contributed by atoms with Crippen LogP contribution in [-0.4, -0.2) is 69.3 Å². The first-order valence-electron chi connectivity index (χ1n) is 8.46. The first-order valence-corrected chi connectivity index (χ1v) is 11.3. The summed E-state index contributed by atoms with van der Waals surface area (Å²) < 4.78 is 25.1. The number of carbonyl (C=O) groups excluding carboxylic acids is 1. The van der Waals surface area contributed by atoms with Crippen molar-refractivity contribution in [3.8, 4) is 5.69 Å². The van der Waals surface area contributed by atoms with Crippen molar-refractivity contribution in [1.82, 2.24) is 25.1 Å². The first kappa shape index (κ1) is 18.8. The molecular formula is C16H21N5O3S2. The summed E-state index contributed by atoms with van der Waals surface area (Å²) in [5.74, 6) is 0.306. The van der Waals surface area contributed by atoms with E-state index >= 15 is 0 Å². The molecule has 3 rings (SSSR count). The molecule has 26 heavy (non-hydrogen) atoms. The van der Waals surface area contributed by atoms with Crippen molar-refractivity contribution >= 4 is 27.5 Å². The van der Waals surface area contributed by atoms with Crippen molar-refractivity contribution < 1.29 is 13.2 Å². The highest BCUT2D eigenvalue weighted by molar-refractivity contribution is 7.99. The average molecular weight is 396 g/mol. The van der Waals surface area contributed by atoms with Gasteiger partial charge in [0.15, 0.2) is 9.84 Å². The third-order valence-corrected chi connectivity index (χ3v) is 6.85. The zero-order valence-electron chi connectivity index (χ0n) is 14.5. The molecule has 0 N–H and O–H groups in total. The van der Waals surface area contributed by atoms with Crippen molar-refractivity contribution in [2.45, 2.75) is 31.0 Å². The van der Waals surface area contributed by atoms with Gasteiger partial charge in [-0.2, -0.15) is 4.68 Å². The van der Waals surface area contributed by atoms with Crippen LogP contribution in [0.25, 0.3) is 5.69 Å². The summed E-state index contributed by atoms with van der Waals surface area (Å²) in [5, 5.41) is 12.2. The predicted octanol–water partition coefficient (Wildman–Crippen LogP) is 1.18. The molecule has 0 bridgehead atoms. The molecule has 1 fully saturated rings. The van der Waals surface area contributed by atoms with Crippen molar-refractivity contribution in [2.24, 2.45) is 0 Å². The Morgan fingerprint density at radius 3 is 2.77 bits per heavy atom. The van der Waals surface area contributed by atoms with Crippen LogP contribution >= 0.6 is 11.8 Å². The molecule has 1 aromatic carbocycles. The third-order valence-electron chi connectivity index (χ3n) is 4.20. The standard InChI is InChI=1S/C16H21N5O3S2/c1-2-9-20(14-8-10-26(23,24)12-14)15(22)11-25-16-17-18-19-21(16)13-6-4-3-5-7-13/h3-7,14H,2,8-12H2,1H3/t14-/m1/s1. The Kier molecular flexibility index (Phi) is 5.92. The number of hydrogen-bond acceptors (Lipinski definition) is 7. The number of hydrogen-bond donors (Lipinski definition) is 0. The van der Waals surface area contributed by atoms with Crippen LogP contribution in [0.5, 0.6) is 0 Å². The van der Waals surface area contributed by atoms with Crippen LogP contribution in [0.3, 0.4) is 0 Å². The minimum atomic E-state index is -3.03. The van der Waals surface area contributed by atoms with E-state index in [1.807, 2.05) is 37.3 Å². The number of thioether (sulfide) groups is 1. The molecule has 0 radical (unpaired) electrons. The normalized spacial score (nSPS) is 18.7. The maximum atomic E-state index is 12.7. The summed E-state index contributed by atoms with van der Waals surface area (Å²) >= 11 is 1.26. The van der Waals surface area contributed by atoms with E-state index in [4.69, 9.17) is 0 Å². The van der Waals surface area contributed by atoms with Gasteiger partial charge in [0.1, 0.15) is 0 Å². The fraction of sp³-hybridized carbons (Fsp3) is 0.500. The number of aromatic nitrogens is 4. The van der Waals surface area contributed by atoms with E-state index in [2.05, 4.69) is 15.5 Å². The second-order valence-electron chi connectivity index (χ2n) is 6.14. The molecule has 1 aliphatic heterocycles. The molecule has 10 heteroatoms. The molecule has 0 unspecified atom stereocenters. The molecule has 1 saturated heterocycles. The van der Waals surface area contributed by atoms with Gasteiger partial charge in [-0.15, -0.1) is 5.10 Å². The van der Waals surface area contributed by atoms with Gasteiger partial charge in [-0.05, 0) is 35.4 Å². The number of rotatable bonds is 7. The fourth-order valence-corrected chi connectivity index (χ4v) is 5.49. The molecule has 1 aliphatic rings. The molecule has 8 nitrogen and oxygen atoms in total. The Morgan fingerprint density at radius 2 is 2.12 bits per heavy atom. The summed E-state index contributed by atoms with van der Waals surface area (Å²) in [4.78, 5) is 14.4. The van der Waals surface area contributed by atoms with Gasteiger partial charge in [0.2, 0.25) is 11.1 Å². The van der Waals surface area contributed by atoms with Crippen LogP contribution in [0, 0.1) is 0 Å². The molecular weight excluding hydrogens is 374 g/mol. The molecule has 2 aromatic rings. The van der Waals surface area contributed by atoms with Crippen LogP contribution in [0.4, 0.5) is 0 Å². The summed E-state index contributed by atoms with van der Waals surface area (Å²) in [6.45, 7) is 2.54. The van der Waals surface area contributed by atoms with Crippen LogP contribution in [-0.2, 0) is 14.6 Å². The number of benzene rings is 1.